The van der Waals surface area contributed by atoms with Crippen LogP contribution >= 0.6 is 0 Å². The minimum Gasteiger partial charge on any atom is -0.333 e. The van der Waals surface area contributed by atoms with Gasteiger partial charge in [0, 0.05) is 32.4 Å². The highest BCUT2D eigenvalue weighted by atomic mass is 16.2. The third-order valence-electron chi connectivity index (χ3n) is 3.01. The zero-order valence-corrected chi connectivity index (χ0v) is 9.81. The van der Waals surface area contributed by atoms with Gasteiger partial charge in [0.1, 0.15) is 5.69 Å². The van der Waals surface area contributed by atoms with E-state index < -0.39 is 0 Å². The van der Waals surface area contributed by atoms with Gasteiger partial charge in [-0.05, 0) is 26.0 Å². The fraction of sp³-hybridized carbons (Fsp3) is 0.636. The molecule has 1 unspecified atom stereocenters. The Morgan fingerprint density at radius 3 is 3.06 bits per heavy atom. The van der Waals surface area contributed by atoms with Gasteiger partial charge in [-0.25, -0.2) is 0 Å². The number of nitrogens with zero attached hydrogens (tertiary/aromatic N) is 3. The fourth-order valence-electron chi connectivity index (χ4n) is 2.15. The van der Waals surface area contributed by atoms with Crippen molar-refractivity contribution in [3.63, 3.8) is 0 Å². The molecule has 0 saturated carbocycles. The van der Waals surface area contributed by atoms with Crippen LogP contribution in [-0.4, -0.2) is 46.3 Å². The van der Waals surface area contributed by atoms with Crippen molar-refractivity contribution in [1.82, 2.24) is 20.0 Å². The Bertz CT molecular complexity index is 368. The van der Waals surface area contributed by atoms with Crippen LogP contribution in [0.15, 0.2) is 12.3 Å². The molecule has 0 bridgehead atoms. The summed E-state index contributed by atoms with van der Waals surface area (Å²) in [5.74, 6) is 0.0387. The number of nitrogens with one attached hydrogen (secondary N) is 1. The van der Waals surface area contributed by atoms with Crippen LogP contribution in [0.5, 0.6) is 0 Å². The highest BCUT2D eigenvalue weighted by molar-refractivity contribution is 5.92. The standard InChI is InChI=1S/C11H18N4O/c1-3-15(9-4-6-12-8-9)11(16)10-5-7-14(2)13-10/h5,7,9,12H,3-4,6,8H2,1-2H3. The molecule has 1 aromatic heterocycles. The molecule has 5 heteroatoms. The molecule has 1 N–H and O–H groups in total. The van der Waals surface area contributed by atoms with Gasteiger partial charge in [-0.15, -0.1) is 0 Å². The van der Waals surface area contributed by atoms with E-state index in [0.717, 1.165) is 26.1 Å². The summed E-state index contributed by atoms with van der Waals surface area (Å²) in [6.45, 7) is 4.64. The third kappa shape index (κ3) is 2.09. The van der Waals surface area contributed by atoms with Crippen LogP contribution in [0.1, 0.15) is 23.8 Å². The summed E-state index contributed by atoms with van der Waals surface area (Å²) in [5.41, 5.74) is 0.538. The van der Waals surface area contributed by atoms with Crippen molar-refractivity contribution < 1.29 is 4.79 Å². The molecule has 0 aromatic carbocycles. The van der Waals surface area contributed by atoms with Crippen LogP contribution in [0.2, 0.25) is 0 Å². The van der Waals surface area contributed by atoms with Crippen LogP contribution in [0.4, 0.5) is 0 Å². The van der Waals surface area contributed by atoms with E-state index in [2.05, 4.69) is 10.4 Å². The number of carbonyl (C=O) groups excluding carboxylic acids is 1. The van der Waals surface area contributed by atoms with Crippen LogP contribution in [0, 0.1) is 0 Å². The summed E-state index contributed by atoms with van der Waals surface area (Å²) in [6, 6.07) is 2.09. The predicted octanol–water partition coefficient (Wildman–Crippen LogP) is 0.244. The SMILES string of the molecule is CCN(C(=O)c1ccn(C)n1)C1CCNC1. The maximum atomic E-state index is 12.2. The molecule has 5 nitrogen and oxygen atoms in total. The molecule has 1 aliphatic heterocycles. The lowest BCUT2D eigenvalue weighted by Crippen LogP contribution is -2.41. The van der Waals surface area contributed by atoms with Gasteiger partial charge in [-0.1, -0.05) is 0 Å². The van der Waals surface area contributed by atoms with E-state index in [1.165, 1.54) is 0 Å². The van der Waals surface area contributed by atoms with Crippen LogP contribution in [-0.2, 0) is 7.05 Å². The number of aromatic nitrogens is 2. The Kier molecular flexibility index (Phi) is 3.24. The number of amides is 1. The number of hydrogen-bond acceptors (Lipinski definition) is 3. The summed E-state index contributed by atoms with van der Waals surface area (Å²) in [4.78, 5) is 14.1. The van der Waals surface area contributed by atoms with Gasteiger partial charge in [-0.2, -0.15) is 5.10 Å². The van der Waals surface area contributed by atoms with Crippen molar-refractivity contribution in [2.24, 2.45) is 7.05 Å². The van der Waals surface area contributed by atoms with Gasteiger partial charge >= 0.3 is 0 Å². The van der Waals surface area contributed by atoms with Gasteiger partial charge in [0.2, 0.25) is 0 Å². The third-order valence-corrected chi connectivity index (χ3v) is 3.01. The molecular formula is C11H18N4O. The number of rotatable bonds is 3. The average Bonchev–Trinajstić information content (AvgIpc) is 2.90. The Morgan fingerprint density at radius 1 is 1.75 bits per heavy atom. The van der Waals surface area contributed by atoms with Crippen molar-refractivity contribution in [2.75, 3.05) is 19.6 Å². The predicted molar refractivity (Wildman–Crippen MR) is 61.2 cm³/mol. The van der Waals surface area contributed by atoms with Crippen molar-refractivity contribution in [2.45, 2.75) is 19.4 Å². The molecule has 2 heterocycles. The van der Waals surface area contributed by atoms with Gasteiger partial charge in [0.15, 0.2) is 0 Å². The number of carbonyl (C=O) groups is 1. The monoisotopic (exact) mass is 222 g/mol. The Labute approximate surface area is 95.4 Å². The quantitative estimate of drug-likeness (QED) is 0.797. The van der Waals surface area contributed by atoms with Gasteiger partial charge < -0.3 is 10.2 Å². The maximum Gasteiger partial charge on any atom is 0.274 e. The Morgan fingerprint density at radius 2 is 2.56 bits per heavy atom. The van der Waals surface area contributed by atoms with E-state index in [1.54, 1.807) is 16.9 Å². The molecule has 1 atom stereocenters. The summed E-state index contributed by atoms with van der Waals surface area (Å²) >= 11 is 0. The van der Waals surface area contributed by atoms with Crippen molar-refractivity contribution in [3.05, 3.63) is 18.0 Å². The largest absolute Gasteiger partial charge is 0.333 e. The van der Waals surface area contributed by atoms with Crippen LogP contribution in [0.3, 0.4) is 0 Å². The molecule has 0 spiro atoms. The highest BCUT2D eigenvalue weighted by Crippen LogP contribution is 2.11. The van der Waals surface area contributed by atoms with E-state index in [9.17, 15) is 4.79 Å². The molecule has 1 fully saturated rings. The molecule has 1 aromatic rings. The first-order valence-electron chi connectivity index (χ1n) is 5.73. The Balaban J connectivity index is 2.11. The second-order valence-corrected chi connectivity index (χ2v) is 4.11. The Hall–Kier alpha value is -1.36. The molecule has 1 saturated heterocycles. The molecule has 1 aliphatic rings. The molecule has 0 radical (unpaired) electrons. The molecule has 1 amide bonds. The number of likely N-dealkylation sites (N-methyl/N-ethyl adjacent to an activating group) is 1. The maximum absolute atomic E-state index is 12.2. The first-order valence-corrected chi connectivity index (χ1v) is 5.73. The zero-order chi connectivity index (χ0) is 11.5. The normalized spacial score (nSPS) is 20.0. The smallest absolute Gasteiger partial charge is 0.274 e. The highest BCUT2D eigenvalue weighted by Gasteiger charge is 2.26. The van der Waals surface area contributed by atoms with E-state index in [0.29, 0.717) is 11.7 Å². The molecule has 88 valence electrons. The van der Waals surface area contributed by atoms with Gasteiger partial charge in [0.25, 0.3) is 5.91 Å². The van der Waals surface area contributed by atoms with Crippen LogP contribution < -0.4 is 5.32 Å². The number of aryl methyl sites for hydroxylation is 1. The second kappa shape index (κ2) is 4.65. The van der Waals surface area contributed by atoms with Gasteiger partial charge in [0.05, 0.1) is 0 Å². The van der Waals surface area contributed by atoms with Crippen molar-refractivity contribution in [1.29, 1.82) is 0 Å². The lowest BCUT2D eigenvalue weighted by atomic mass is 10.2. The van der Waals surface area contributed by atoms with Gasteiger partial charge in [-0.3, -0.25) is 9.48 Å². The first-order chi connectivity index (χ1) is 7.72. The lowest BCUT2D eigenvalue weighted by Gasteiger charge is -2.26. The molecule has 16 heavy (non-hydrogen) atoms. The summed E-state index contributed by atoms with van der Waals surface area (Å²) in [7, 11) is 1.82. The van der Waals surface area contributed by atoms with E-state index in [4.69, 9.17) is 0 Å². The molecular weight excluding hydrogens is 204 g/mol. The summed E-state index contributed by atoms with van der Waals surface area (Å²) in [5, 5.41) is 7.44. The summed E-state index contributed by atoms with van der Waals surface area (Å²) < 4.78 is 1.66. The van der Waals surface area contributed by atoms with E-state index in [-0.39, 0.29) is 5.91 Å². The minimum absolute atomic E-state index is 0.0387. The lowest BCUT2D eigenvalue weighted by molar-refractivity contribution is 0.0697. The number of hydrogen-bond donors (Lipinski definition) is 1. The van der Waals surface area contributed by atoms with Crippen molar-refractivity contribution >= 4 is 5.91 Å². The fourth-order valence-corrected chi connectivity index (χ4v) is 2.15. The van der Waals surface area contributed by atoms with Crippen LogP contribution in [0.25, 0.3) is 0 Å². The minimum atomic E-state index is 0.0387. The summed E-state index contributed by atoms with van der Waals surface area (Å²) in [6.07, 6.45) is 2.83. The topological polar surface area (TPSA) is 50.2 Å². The average molecular weight is 222 g/mol. The molecule has 0 aliphatic carbocycles. The first kappa shape index (κ1) is 11.1. The second-order valence-electron chi connectivity index (χ2n) is 4.11. The zero-order valence-electron chi connectivity index (χ0n) is 9.81. The van der Waals surface area contributed by atoms with E-state index >= 15 is 0 Å². The van der Waals surface area contributed by atoms with E-state index in [1.807, 2.05) is 18.9 Å². The van der Waals surface area contributed by atoms with Crippen molar-refractivity contribution in [3.8, 4) is 0 Å². The molecule has 2 rings (SSSR count).